The lowest BCUT2D eigenvalue weighted by molar-refractivity contribution is 0.0941. The molecule has 0 radical (unpaired) electrons. The molecule has 37 heavy (non-hydrogen) atoms. The number of fused-ring (bicyclic) bond motifs is 9. The van der Waals surface area contributed by atoms with Gasteiger partial charge in [0.2, 0.25) is 5.95 Å². The normalized spacial score (nSPS) is 17.2. The Labute approximate surface area is 215 Å². The molecule has 9 heteroatoms. The van der Waals surface area contributed by atoms with Crippen LogP contribution in [0, 0.1) is 5.82 Å². The summed E-state index contributed by atoms with van der Waals surface area (Å²) in [5, 5.41) is 6.03. The zero-order chi connectivity index (χ0) is 25.6. The molecular weight excluding hydrogens is 473 g/mol. The number of benzene rings is 2. The molecule has 2 aromatic carbocycles. The van der Waals surface area contributed by atoms with Crippen LogP contribution in [0.25, 0.3) is 11.3 Å². The quantitative estimate of drug-likeness (QED) is 0.402. The van der Waals surface area contributed by atoms with Crippen LogP contribution in [0.2, 0.25) is 0 Å². The molecule has 1 amide bonds. The summed E-state index contributed by atoms with van der Waals surface area (Å²) in [5.74, 6) is -0.0846. The number of hydrogen-bond donors (Lipinski definition) is 3. The van der Waals surface area contributed by atoms with Crippen molar-refractivity contribution in [2.75, 3.05) is 24.2 Å². The largest absolute Gasteiger partial charge is 0.487 e. The highest BCUT2D eigenvalue weighted by atomic mass is 19.1. The Bertz CT molecular complexity index is 1260. The maximum Gasteiger partial charge on any atom is 0.251 e. The minimum absolute atomic E-state index is 0.00983. The average Bonchev–Trinajstić information content (AvgIpc) is 2.90. The number of nitrogens with two attached hydrogens (primary N) is 1. The van der Waals surface area contributed by atoms with Crippen LogP contribution in [0.1, 0.15) is 60.9 Å². The van der Waals surface area contributed by atoms with Crippen molar-refractivity contribution in [1.82, 2.24) is 15.3 Å². The van der Waals surface area contributed by atoms with Crippen LogP contribution in [0.5, 0.6) is 5.75 Å². The number of hydrogen-bond acceptors (Lipinski definition) is 7. The van der Waals surface area contributed by atoms with Crippen molar-refractivity contribution in [2.24, 2.45) is 0 Å². The van der Waals surface area contributed by atoms with E-state index in [1.807, 2.05) is 6.07 Å². The Morgan fingerprint density at radius 1 is 1.05 bits per heavy atom. The smallest absolute Gasteiger partial charge is 0.251 e. The van der Waals surface area contributed by atoms with E-state index in [-0.39, 0.29) is 24.4 Å². The van der Waals surface area contributed by atoms with Crippen molar-refractivity contribution >= 4 is 23.2 Å². The van der Waals surface area contributed by atoms with Gasteiger partial charge >= 0.3 is 0 Å². The lowest BCUT2D eigenvalue weighted by atomic mass is 9.97. The van der Waals surface area contributed by atoms with Gasteiger partial charge in [0.1, 0.15) is 0 Å². The third-order valence-corrected chi connectivity index (χ3v) is 6.72. The minimum Gasteiger partial charge on any atom is -0.487 e. The van der Waals surface area contributed by atoms with Gasteiger partial charge < -0.3 is 25.8 Å². The van der Waals surface area contributed by atoms with Crippen molar-refractivity contribution in [2.45, 2.75) is 57.7 Å². The van der Waals surface area contributed by atoms with Gasteiger partial charge in [-0.3, -0.25) is 4.79 Å². The second kappa shape index (κ2) is 11.6. The summed E-state index contributed by atoms with van der Waals surface area (Å²) in [6.07, 6.45) is 8.35. The van der Waals surface area contributed by atoms with Gasteiger partial charge in [-0.15, -0.1) is 0 Å². The first-order chi connectivity index (χ1) is 18.1. The van der Waals surface area contributed by atoms with Crippen LogP contribution in [0.15, 0.2) is 42.6 Å². The van der Waals surface area contributed by atoms with Gasteiger partial charge in [-0.05, 0) is 68.9 Å². The number of aromatic nitrogens is 2. The van der Waals surface area contributed by atoms with E-state index in [0.717, 1.165) is 38.5 Å². The number of carbonyl (C=O) groups is 1. The summed E-state index contributed by atoms with van der Waals surface area (Å²) in [4.78, 5) is 21.4. The van der Waals surface area contributed by atoms with Crippen LogP contribution in [0.3, 0.4) is 0 Å². The standard InChI is InChI=1S/C28H32FN5O3/c29-23-16-20-14-19(26(23)37-21-6-2-1-3-7-21)17-36-13-5-4-11-31-27(35)18-8-9-22(24(30)15-18)25-10-12-32-28(33-20)34-25/h8-10,12,14-16,21H,1-7,11,13,17,30H2,(H,31,35)(H,32,33,34). The molecule has 0 saturated heterocycles. The van der Waals surface area contributed by atoms with Crippen molar-refractivity contribution < 1.29 is 18.7 Å². The Balaban J connectivity index is 1.47. The second-order valence-corrected chi connectivity index (χ2v) is 9.53. The zero-order valence-corrected chi connectivity index (χ0v) is 20.8. The summed E-state index contributed by atoms with van der Waals surface area (Å²) in [6.45, 7) is 1.20. The lowest BCUT2D eigenvalue weighted by Crippen LogP contribution is -2.24. The van der Waals surface area contributed by atoms with E-state index >= 15 is 4.39 Å². The van der Waals surface area contributed by atoms with Crippen molar-refractivity contribution in [3.63, 3.8) is 0 Å². The molecule has 0 spiro atoms. The van der Waals surface area contributed by atoms with Crippen LogP contribution in [0.4, 0.5) is 21.7 Å². The molecule has 0 atom stereocenters. The first-order valence-electron chi connectivity index (χ1n) is 12.9. The average molecular weight is 506 g/mol. The maximum absolute atomic E-state index is 15.4. The molecule has 4 N–H and O–H groups in total. The number of ether oxygens (including phenoxy) is 2. The summed E-state index contributed by atoms with van der Waals surface area (Å²) >= 11 is 0. The van der Waals surface area contributed by atoms with E-state index < -0.39 is 5.82 Å². The SMILES string of the molecule is Nc1cc2ccc1-c1ccnc(n1)Nc1cc(F)c(OC3CCCCC3)c(c1)COCCCCNC2=O. The summed E-state index contributed by atoms with van der Waals surface area (Å²) in [5.41, 5.74) is 9.58. The van der Waals surface area contributed by atoms with Gasteiger partial charge in [0.05, 0.1) is 18.4 Å². The molecule has 3 heterocycles. The second-order valence-electron chi connectivity index (χ2n) is 9.53. The molecule has 6 rings (SSSR count). The number of rotatable bonds is 2. The van der Waals surface area contributed by atoms with Crippen LogP contribution in [-0.2, 0) is 11.3 Å². The number of nitrogens with zero attached hydrogens (tertiary/aromatic N) is 2. The van der Waals surface area contributed by atoms with E-state index in [2.05, 4.69) is 20.6 Å². The number of nitrogens with one attached hydrogen (secondary N) is 2. The van der Waals surface area contributed by atoms with Crippen LogP contribution >= 0.6 is 0 Å². The molecule has 194 valence electrons. The van der Waals surface area contributed by atoms with Gasteiger partial charge in [-0.25, -0.2) is 14.4 Å². The molecule has 6 bridgehead atoms. The number of amides is 1. The highest BCUT2D eigenvalue weighted by Crippen LogP contribution is 2.33. The molecular formula is C28H32FN5O3. The third-order valence-electron chi connectivity index (χ3n) is 6.72. The monoisotopic (exact) mass is 505 g/mol. The molecule has 3 aromatic rings. The summed E-state index contributed by atoms with van der Waals surface area (Å²) < 4.78 is 27.4. The van der Waals surface area contributed by atoms with E-state index in [9.17, 15) is 4.79 Å². The van der Waals surface area contributed by atoms with Gasteiger partial charge in [-0.1, -0.05) is 6.42 Å². The van der Waals surface area contributed by atoms with Crippen LogP contribution in [-0.4, -0.2) is 35.1 Å². The Hall–Kier alpha value is -3.72. The van der Waals surface area contributed by atoms with Gasteiger partial charge in [0.25, 0.3) is 5.91 Å². The van der Waals surface area contributed by atoms with Gasteiger partial charge in [-0.2, -0.15) is 0 Å². The lowest BCUT2D eigenvalue weighted by Gasteiger charge is -2.25. The molecule has 1 saturated carbocycles. The van der Waals surface area contributed by atoms with E-state index in [1.165, 1.54) is 12.5 Å². The Morgan fingerprint density at radius 3 is 2.76 bits per heavy atom. The molecule has 2 aliphatic heterocycles. The maximum atomic E-state index is 15.4. The van der Waals surface area contributed by atoms with E-state index in [4.69, 9.17) is 15.2 Å². The van der Waals surface area contributed by atoms with Crippen molar-refractivity contribution in [3.05, 3.63) is 59.5 Å². The highest BCUT2D eigenvalue weighted by molar-refractivity contribution is 5.96. The number of halogens is 1. The number of carbonyl (C=O) groups excluding carboxylic acids is 1. The fraction of sp³-hybridized carbons (Fsp3) is 0.393. The topological polar surface area (TPSA) is 111 Å². The van der Waals surface area contributed by atoms with Crippen LogP contribution < -0.4 is 21.1 Å². The molecule has 8 nitrogen and oxygen atoms in total. The summed E-state index contributed by atoms with van der Waals surface area (Å²) in [6, 6.07) is 10.1. The number of anilines is 3. The Morgan fingerprint density at radius 2 is 1.92 bits per heavy atom. The highest BCUT2D eigenvalue weighted by Gasteiger charge is 2.21. The summed E-state index contributed by atoms with van der Waals surface area (Å²) in [7, 11) is 0. The first-order valence-corrected chi connectivity index (χ1v) is 12.9. The third kappa shape index (κ3) is 6.17. The molecule has 1 fully saturated rings. The molecule has 1 aliphatic carbocycles. The van der Waals surface area contributed by atoms with Crippen molar-refractivity contribution in [1.29, 1.82) is 0 Å². The predicted molar refractivity (Wildman–Crippen MR) is 140 cm³/mol. The molecule has 3 aliphatic rings. The van der Waals surface area contributed by atoms with Gasteiger partial charge in [0.15, 0.2) is 11.6 Å². The molecule has 0 unspecified atom stereocenters. The van der Waals surface area contributed by atoms with E-state index in [0.29, 0.717) is 52.9 Å². The minimum atomic E-state index is -0.446. The Kier molecular flexibility index (Phi) is 7.79. The number of nitrogen functional groups attached to an aromatic ring is 1. The van der Waals surface area contributed by atoms with Gasteiger partial charge in [0, 0.05) is 53.5 Å². The molecule has 1 aromatic heterocycles. The fourth-order valence-electron chi connectivity index (χ4n) is 4.76. The first kappa shape index (κ1) is 25.0. The zero-order valence-electron chi connectivity index (χ0n) is 20.8. The van der Waals surface area contributed by atoms with Crippen molar-refractivity contribution in [3.8, 4) is 17.0 Å². The fourth-order valence-corrected chi connectivity index (χ4v) is 4.76. The predicted octanol–water partition coefficient (Wildman–Crippen LogP) is 5.36. The van der Waals surface area contributed by atoms with E-state index in [1.54, 1.807) is 30.5 Å².